The van der Waals surface area contributed by atoms with E-state index in [0.29, 0.717) is 44.3 Å². The maximum Gasteiger partial charge on any atom is 0.254 e. The first-order chi connectivity index (χ1) is 14.5. The third-order valence-corrected chi connectivity index (χ3v) is 4.67. The standard InChI is InChI=1S/C22H35N5O3.HI/c1-4-23-22(25-11-14-30-13-9-17(2)3)26-15-18-5-7-19(8-6-18)21(29)27-12-10-24-20(28)16-27;/h5-8,17H,4,9-16H2,1-3H3,(H,24,28)(H2,23,25,26);1H. The van der Waals surface area contributed by atoms with Gasteiger partial charge in [-0.15, -0.1) is 24.0 Å². The number of rotatable bonds is 10. The van der Waals surface area contributed by atoms with E-state index in [1.807, 2.05) is 19.1 Å². The van der Waals surface area contributed by atoms with Gasteiger partial charge >= 0.3 is 0 Å². The zero-order valence-corrected chi connectivity index (χ0v) is 21.1. The molecule has 8 nitrogen and oxygen atoms in total. The molecule has 9 heteroatoms. The Morgan fingerprint density at radius 2 is 1.97 bits per heavy atom. The van der Waals surface area contributed by atoms with Crippen LogP contribution in [0.2, 0.25) is 0 Å². The van der Waals surface area contributed by atoms with Gasteiger partial charge in [0.2, 0.25) is 5.91 Å². The molecule has 1 aromatic carbocycles. The van der Waals surface area contributed by atoms with Gasteiger partial charge in [0.05, 0.1) is 19.7 Å². The predicted octanol–water partition coefficient (Wildman–Crippen LogP) is 1.99. The van der Waals surface area contributed by atoms with E-state index >= 15 is 0 Å². The van der Waals surface area contributed by atoms with Crippen molar-refractivity contribution in [2.75, 3.05) is 45.9 Å². The van der Waals surface area contributed by atoms with E-state index in [0.717, 1.165) is 31.1 Å². The molecule has 1 aromatic rings. The molecule has 2 amide bonds. The normalized spacial score (nSPS) is 14.1. The Bertz CT molecular complexity index is 710. The molecule has 3 N–H and O–H groups in total. The molecule has 1 fully saturated rings. The number of nitrogens with one attached hydrogen (secondary N) is 3. The number of carbonyl (C=O) groups is 2. The van der Waals surface area contributed by atoms with Gasteiger partial charge in [0.15, 0.2) is 5.96 Å². The van der Waals surface area contributed by atoms with Crippen LogP contribution in [0.3, 0.4) is 0 Å². The molecule has 0 bridgehead atoms. The molecule has 0 aromatic heterocycles. The van der Waals surface area contributed by atoms with Gasteiger partial charge in [-0.25, -0.2) is 4.99 Å². The second-order valence-corrected chi connectivity index (χ2v) is 7.69. The number of amides is 2. The third kappa shape index (κ3) is 10.3. The van der Waals surface area contributed by atoms with Crippen LogP contribution >= 0.6 is 24.0 Å². The second-order valence-electron chi connectivity index (χ2n) is 7.69. The number of nitrogens with zero attached hydrogens (tertiary/aromatic N) is 2. The Labute approximate surface area is 202 Å². The Kier molecular flexibility index (Phi) is 13.1. The molecule has 0 aliphatic carbocycles. The van der Waals surface area contributed by atoms with Gasteiger partial charge in [-0.2, -0.15) is 0 Å². The highest BCUT2D eigenvalue weighted by Gasteiger charge is 2.22. The zero-order chi connectivity index (χ0) is 21.8. The largest absolute Gasteiger partial charge is 0.380 e. The first-order valence-corrected chi connectivity index (χ1v) is 10.7. The average Bonchev–Trinajstić information content (AvgIpc) is 2.74. The second kappa shape index (κ2) is 15.0. The molecule has 0 atom stereocenters. The third-order valence-electron chi connectivity index (χ3n) is 4.67. The summed E-state index contributed by atoms with van der Waals surface area (Å²) in [6.45, 7) is 10.9. The number of hydrogen-bond acceptors (Lipinski definition) is 4. The molecule has 0 spiro atoms. The Balaban J connectivity index is 0.00000480. The Morgan fingerprint density at radius 3 is 2.61 bits per heavy atom. The molecule has 0 unspecified atom stereocenters. The summed E-state index contributed by atoms with van der Waals surface area (Å²) in [5.41, 5.74) is 1.59. The summed E-state index contributed by atoms with van der Waals surface area (Å²) in [6.07, 6.45) is 1.07. The minimum Gasteiger partial charge on any atom is -0.380 e. The van der Waals surface area contributed by atoms with Crippen LogP contribution in [-0.4, -0.2) is 68.6 Å². The highest BCUT2D eigenvalue weighted by atomic mass is 127. The predicted molar refractivity (Wildman–Crippen MR) is 134 cm³/mol. The van der Waals surface area contributed by atoms with Crippen molar-refractivity contribution in [1.29, 1.82) is 0 Å². The summed E-state index contributed by atoms with van der Waals surface area (Å²) in [6, 6.07) is 7.39. The van der Waals surface area contributed by atoms with Crippen LogP contribution in [0.25, 0.3) is 0 Å². The fourth-order valence-electron chi connectivity index (χ4n) is 2.92. The summed E-state index contributed by atoms with van der Waals surface area (Å²) in [5.74, 6) is 1.16. The number of hydrogen-bond donors (Lipinski definition) is 3. The summed E-state index contributed by atoms with van der Waals surface area (Å²) < 4.78 is 5.62. The number of aliphatic imine (C=N–C) groups is 1. The van der Waals surface area contributed by atoms with E-state index in [4.69, 9.17) is 4.74 Å². The first-order valence-electron chi connectivity index (χ1n) is 10.7. The molecule has 0 saturated carbocycles. The van der Waals surface area contributed by atoms with E-state index in [1.165, 1.54) is 0 Å². The van der Waals surface area contributed by atoms with Crippen LogP contribution in [0.15, 0.2) is 29.3 Å². The molecular weight excluding hydrogens is 509 g/mol. The van der Waals surface area contributed by atoms with Crippen LogP contribution in [0.5, 0.6) is 0 Å². The van der Waals surface area contributed by atoms with Crippen molar-refractivity contribution >= 4 is 41.8 Å². The highest BCUT2D eigenvalue weighted by Crippen LogP contribution is 2.10. The Morgan fingerprint density at radius 1 is 1.23 bits per heavy atom. The van der Waals surface area contributed by atoms with Crippen molar-refractivity contribution in [1.82, 2.24) is 20.9 Å². The molecule has 1 aliphatic rings. The minimum atomic E-state index is -0.118. The number of ether oxygens (including phenoxy) is 1. The Hall–Kier alpha value is -1.88. The molecule has 1 aliphatic heterocycles. The molecule has 1 saturated heterocycles. The number of piperazine rings is 1. The van der Waals surface area contributed by atoms with E-state index in [2.05, 4.69) is 34.8 Å². The monoisotopic (exact) mass is 545 g/mol. The van der Waals surface area contributed by atoms with E-state index < -0.39 is 0 Å². The van der Waals surface area contributed by atoms with Gasteiger partial charge in [-0.1, -0.05) is 26.0 Å². The van der Waals surface area contributed by atoms with Crippen molar-refractivity contribution in [2.24, 2.45) is 10.9 Å². The summed E-state index contributed by atoms with van der Waals surface area (Å²) in [7, 11) is 0. The molecule has 1 heterocycles. The lowest BCUT2D eigenvalue weighted by atomic mass is 10.1. The van der Waals surface area contributed by atoms with Gasteiger partial charge < -0.3 is 25.6 Å². The SMILES string of the molecule is CCNC(=NCc1ccc(C(=O)N2CCNC(=O)C2)cc1)NCCOCCC(C)C.I. The lowest BCUT2D eigenvalue weighted by Gasteiger charge is -2.26. The van der Waals surface area contributed by atoms with E-state index in [-0.39, 0.29) is 42.3 Å². The van der Waals surface area contributed by atoms with Gasteiger partial charge in [-0.3, -0.25) is 9.59 Å². The highest BCUT2D eigenvalue weighted by molar-refractivity contribution is 14.0. The maximum absolute atomic E-state index is 12.5. The van der Waals surface area contributed by atoms with Gasteiger partial charge in [0, 0.05) is 38.3 Å². The van der Waals surface area contributed by atoms with Gasteiger partial charge in [0.1, 0.15) is 0 Å². The van der Waals surface area contributed by atoms with Gasteiger partial charge in [0.25, 0.3) is 5.91 Å². The van der Waals surface area contributed by atoms with Crippen molar-refractivity contribution in [3.63, 3.8) is 0 Å². The zero-order valence-electron chi connectivity index (χ0n) is 18.8. The quantitative estimate of drug-likeness (QED) is 0.181. The van der Waals surface area contributed by atoms with Gasteiger partial charge in [-0.05, 0) is 37.0 Å². The van der Waals surface area contributed by atoms with E-state index in [9.17, 15) is 9.59 Å². The van der Waals surface area contributed by atoms with Crippen molar-refractivity contribution in [3.8, 4) is 0 Å². The lowest BCUT2D eigenvalue weighted by Crippen LogP contribution is -2.49. The van der Waals surface area contributed by atoms with Crippen LogP contribution in [0.1, 0.15) is 43.1 Å². The minimum absolute atomic E-state index is 0. The summed E-state index contributed by atoms with van der Waals surface area (Å²) in [4.78, 5) is 30.2. The molecule has 0 radical (unpaired) electrons. The summed E-state index contributed by atoms with van der Waals surface area (Å²) >= 11 is 0. The van der Waals surface area contributed by atoms with Crippen LogP contribution in [-0.2, 0) is 16.1 Å². The smallest absolute Gasteiger partial charge is 0.254 e. The molecule has 31 heavy (non-hydrogen) atoms. The van der Waals surface area contributed by atoms with Crippen LogP contribution < -0.4 is 16.0 Å². The summed E-state index contributed by atoms with van der Waals surface area (Å²) in [5, 5.41) is 9.22. The van der Waals surface area contributed by atoms with Crippen molar-refractivity contribution < 1.29 is 14.3 Å². The fraction of sp³-hybridized carbons (Fsp3) is 0.591. The first kappa shape index (κ1) is 27.2. The topological polar surface area (TPSA) is 95.1 Å². The molecule has 2 rings (SSSR count). The number of guanidine groups is 1. The number of halogens is 1. The molecular formula is C22H36IN5O3. The maximum atomic E-state index is 12.5. The van der Waals surface area contributed by atoms with E-state index in [1.54, 1.807) is 17.0 Å². The van der Waals surface area contributed by atoms with Crippen LogP contribution in [0, 0.1) is 5.92 Å². The average molecular weight is 545 g/mol. The molecule has 174 valence electrons. The number of benzene rings is 1. The van der Waals surface area contributed by atoms with Crippen LogP contribution in [0.4, 0.5) is 0 Å². The van der Waals surface area contributed by atoms with Crippen molar-refractivity contribution in [3.05, 3.63) is 35.4 Å². The lowest BCUT2D eigenvalue weighted by molar-refractivity contribution is -0.123. The fourth-order valence-corrected chi connectivity index (χ4v) is 2.92. The van der Waals surface area contributed by atoms with Crippen molar-refractivity contribution in [2.45, 2.75) is 33.7 Å². The number of carbonyl (C=O) groups excluding carboxylic acids is 2.